The van der Waals surface area contributed by atoms with E-state index >= 15 is 0 Å². The largest absolute Gasteiger partial charge is 0.386 e. The number of benzene rings is 1. The number of carbonyl (C=O) groups excluding carboxylic acids is 2. The Morgan fingerprint density at radius 3 is 2.56 bits per heavy atom. The van der Waals surface area contributed by atoms with Crippen LogP contribution in [0, 0.1) is 0 Å². The molecule has 0 radical (unpaired) electrons. The van der Waals surface area contributed by atoms with Gasteiger partial charge in [0.1, 0.15) is 0 Å². The Labute approximate surface area is 106 Å². The normalized spacial score (nSPS) is 15.8. The van der Waals surface area contributed by atoms with Crippen molar-refractivity contribution in [3.8, 4) is 0 Å². The fourth-order valence-corrected chi connectivity index (χ4v) is 1.90. The van der Waals surface area contributed by atoms with Gasteiger partial charge in [-0.15, -0.1) is 0 Å². The molecule has 1 aliphatic heterocycles. The van der Waals surface area contributed by atoms with Crippen LogP contribution in [0.5, 0.6) is 0 Å². The number of rotatable bonds is 4. The van der Waals surface area contributed by atoms with Crippen molar-refractivity contribution in [3.05, 3.63) is 34.9 Å². The van der Waals surface area contributed by atoms with E-state index in [1.54, 1.807) is 18.2 Å². The molecule has 2 rings (SSSR count). The Kier molecular flexibility index (Phi) is 3.45. The summed E-state index contributed by atoms with van der Waals surface area (Å²) in [6, 6.07) is 4.89. The van der Waals surface area contributed by atoms with Gasteiger partial charge >= 0.3 is 11.9 Å². The van der Waals surface area contributed by atoms with E-state index in [-0.39, 0.29) is 6.04 Å². The summed E-state index contributed by atoms with van der Waals surface area (Å²) >= 11 is 0. The van der Waals surface area contributed by atoms with Gasteiger partial charge in [0.05, 0.1) is 11.1 Å². The Morgan fingerprint density at radius 2 is 1.89 bits per heavy atom. The summed E-state index contributed by atoms with van der Waals surface area (Å²) < 4.78 is 4.54. The first kappa shape index (κ1) is 12.7. The van der Waals surface area contributed by atoms with E-state index in [4.69, 9.17) is 5.73 Å². The van der Waals surface area contributed by atoms with Gasteiger partial charge < -0.3 is 15.4 Å². The molecule has 0 fully saturated rings. The molecule has 18 heavy (non-hydrogen) atoms. The van der Waals surface area contributed by atoms with Gasteiger partial charge in [-0.1, -0.05) is 6.07 Å². The first-order valence-electron chi connectivity index (χ1n) is 5.80. The van der Waals surface area contributed by atoms with Crippen molar-refractivity contribution >= 4 is 11.9 Å². The summed E-state index contributed by atoms with van der Waals surface area (Å²) in [5, 5.41) is 0. The number of cyclic esters (lactones) is 2. The van der Waals surface area contributed by atoms with Crippen LogP contribution < -0.4 is 5.73 Å². The Morgan fingerprint density at radius 1 is 1.22 bits per heavy atom. The van der Waals surface area contributed by atoms with E-state index in [2.05, 4.69) is 4.74 Å². The lowest BCUT2D eigenvalue weighted by atomic mass is 9.99. The summed E-state index contributed by atoms with van der Waals surface area (Å²) in [7, 11) is 3.96. The van der Waals surface area contributed by atoms with Gasteiger partial charge in [-0.2, -0.15) is 0 Å². The van der Waals surface area contributed by atoms with Crippen molar-refractivity contribution in [1.29, 1.82) is 0 Å². The first-order chi connectivity index (χ1) is 8.49. The minimum absolute atomic E-state index is 0.152. The van der Waals surface area contributed by atoms with Crippen LogP contribution in [0.25, 0.3) is 0 Å². The molecule has 5 heteroatoms. The molecule has 96 valence electrons. The molecule has 0 bridgehead atoms. The van der Waals surface area contributed by atoms with Gasteiger partial charge in [-0.3, -0.25) is 0 Å². The number of ether oxygens (including phenoxy) is 1. The van der Waals surface area contributed by atoms with Gasteiger partial charge in [0.2, 0.25) is 0 Å². The second kappa shape index (κ2) is 4.88. The van der Waals surface area contributed by atoms with Crippen molar-refractivity contribution in [2.45, 2.75) is 12.5 Å². The zero-order chi connectivity index (χ0) is 13.3. The van der Waals surface area contributed by atoms with Crippen LogP contribution >= 0.6 is 0 Å². The average Bonchev–Trinajstić information content (AvgIpc) is 2.61. The highest BCUT2D eigenvalue weighted by Crippen LogP contribution is 2.24. The van der Waals surface area contributed by atoms with E-state index in [0.717, 1.165) is 18.5 Å². The molecule has 0 spiro atoms. The molecular formula is C13H16N2O3. The molecule has 1 aromatic carbocycles. The third-order valence-electron chi connectivity index (χ3n) is 2.98. The van der Waals surface area contributed by atoms with Gasteiger partial charge in [-0.25, -0.2) is 9.59 Å². The lowest BCUT2D eigenvalue weighted by Gasteiger charge is -2.15. The van der Waals surface area contributed by atoms with Crippen LogP contribution in [-0.4, -0.2) is 37.5 Å². The molecule has 1 unspecified atom stereocenters. The second-order valence-corrected chi connectivity index (χ2v) is 4.68. The summed E-state index contributed by atoms with van der Waals surface area (Å²) in [6.07, 6.45) is 0.786. The minimum Gasteiger partial charge on any atom is -0.386 e. The van der Waals surface area contributed by atoms with Crippen molar-refractivity contribution in [3.63, 3.8) is 0 Å². The van der Waals surface area contributed by atoms with Crippen molar-refractivity contribution < 1.29 is 14.3 Å². The molecule has 1 atom stereocenters. The van der Waals surface area contributed by atoms with Crippen LogP contribution in [0.1, 0.15) is 38.7 Å². The lowest BCUT2D eigenvalue weighted by molar-refractivity contribution is 0.0444. The number of nitrogens with two attached hydrogens (primary N) is 1. The predicted molar refractivity (Wildman–Crippen MR) is 66.3 cm³/mol. The van der Waals surface area contributed by atoms with Gasteiger partial charge in [0, 0.05) is 6.04 Å². The molecule has 1 heterocycles. The zero-order valence-electron chi connectivity index (χ0n) is 10.5. The van der Waals surface area contributed by atoms with Gasteiger partial charge in [-0.05, 0) is 44.8 Å². The molecule has 5 nitrogen and oxygen atoms in total. The Hall–Kier alpha value is -1.72. The smallest absolute Gasteiger partial charge is 0.346 e. The van der Waals surface area contributed by atoms with E-state index in [9.17, 15) is 9.59 Å². The number of esters is 2. The number of hydrogen-bond acceptors (Lipinski definition) is 5. The van der Waals surface area contributed by atoms with Crippen LogP contribution in [0.2, 0.25) is 0 Å². The summed E-state index contributed by atoms with van der Waals surface area (Å²) in [4.78, 5) is 24.8. The predicted octanol–water partition coefficient (Wildman–Crippen LogP) is 0.949. The molecule has 0 aliphatic carbocycles. The lowest BCUT2D eigenvalue weighted by Crippen LogP contribution is -2.20. The fraction of sp³-hybridized carbons (Fsp3) is 0.385. The van der Waals surface area contributed by atoms with Crippen molar-refractivity contribution in [2.75, 3.05) is 20.6 Å². The molecular weight excluding hydrogens is 232 g/mol. The third-order valence-corrected chi connectivity index (χ3v) is 2.98. The summed E-state index contributed by atoms with van der Waals surface area (Å²) in [5.74, 6) is -1.17. The van der Waals surface area contributed by atoms with Crippen LogP contribution in [0.15, 0.2) is 18.2 Å². The van der Waals surface area contributed by atoms with Gasteiger partial charge in [0.15, 0.2) is 0 Å². The summed E-state index contributed by atoms with van der Waals surface area (Å²) in [5.41, 5.74) is 7.54. The molecule has 1 aliphatic rings. The van der Waals surface area contributed by atoms with Crippen LogP contribution in [-0.2, 0) is 4.74 Å². The molecule has 2 N–H and O–H groups in total. The van der Waals surface area contributed by atoms with Crippen molar-refractivity contribution in [1.82, 2.24) is 4.90 Å². The number of fused-ring (bicyclic) bond motifs is 1. The quantitative estimate of drug-likeness (QED) is 0.634. The van der Waals surface area contributed by atoms with Crippen LogP contribution in [0.3, 0.4) is 0 Å². The maximum absolute atomic E-state index is 11.4. The molecule has 0 saturated carbocycles. The van der Waals surface area contributed by atoms with E-state index in [1.165, 1.54) is 0 Å². The number of hydrogen-bond donors (Lipinski definition) is 1. The minimum atomic E-state index is -0.586. The SMILES string of the molecule is CN(C)CCC(N)c1ccc2c(c1)C(=O)OC2=O. The van der Waals surface area contributed by atoms with E-state index < -0.39 is 11.9 Å². The Bertz CT molecular complexity index is 497. The third kappa shape index (κ3) is 2.42. The van der Waals surface area contributed by atoms with Crippen LogP contribution in [0.4, 0.5) is 0 Å². The molecule has 0 saturated heterocycles. The van der Waals surface area contributed by atoms with Gasteiger partial charge in [0.25, 0.3) is 0 Å². The first-order valence-corrected chi connectivity index (χ1v) is 5.80. The average molecular weight is 248 g/mol. The summed E-state index contributed by atoms with van der Waals surface area (Å²) in [6.45, 7) is 0.863. The number of carbonyl (C=O) groups is 2. The standard InChI is InChI=1S/C13H16N2O3/c1-15(2)6-5-11(14)8-3-4-9-10(7-8)13(17)18-12(9)16/h3-4,7,11H,5-6,14H2,1-2H3. The topological polar surface area (TPSA) is 72.6 Å². The molecule has 0 aromatic heterocycles. The molecule has 1 aromatic rings. The maximum Gasteiger partial charge on any atom is 0.346 e. The zero-order valence-corrected chi connectivity index (χ0v) is 10.5. The highest BCUT2D eigenvalue weighted by molar-refractivity contribution is 6.14. The number of nitrogens with zero attached hydrogens (tertiary/aromatic N) is 1. The monoisotopic (exact) mass is 248 g/mol. The van der Waals surface area contributed by atoms with Crippen molar-refractivity contribution in [2.24, 2.45) is 5.73 Å². The second-order valence-electron chi connectivity index (χ2n) is 4.68. The highest BCUT2D eigenvalue weighted by Gasteiger charge is 2.30. The Balaban J connectivity index is 2.19. The van der Waals surface area contributed by atoms with E-state index in [0.29, 0.717) is 11.1 Å². The van der Waals surface area contributed by atoms with E-state index in [1.807, 2.05) is 19.0 Å². The molecule has 0 amide bonds. The fourth-order valence-electron chi connectivity index (χ4n) is 1.90. The maximum atomic E-state index is 11.4. The highest BCUT2D eigenvalue weighted by atomic mass is 16.6.